The first kappa shape index (κ1) is 11.3. The van der Waals surface area contributed by atoms with Crippen molar-refractivity contribution in [1.29, 1.82) is 0 Å². The molecule has 15 heavy (non-hydrogen) atoms. The Kier molecular flexibility index (Phi) is 3.49. The van der Waals surface area contributed by atoms with Crippen LogP contribution in [0.25, 0.3) is 6.08 Å². The monoisotopic (exact) mass is 216 g/mol. The Labute approximate surface area is 83.7 Å². The zero-order valence-electron chi connectivity index (χ0n) is 7.51. The summed E-state index contributed by atoms with van der Waals surface area (Å²) in [6.45, 7) is 0. The van der Waals surface area contributed by atoms with Gasteiger partial charge < -0.3 is 5.11 Å². The second-order valence-electron chi connectivity index (χ2n) is 2.76. The van der Waals surface area contributed by atoms with E-state index in [0.29, 0.717) is 0 Å². The Balaban J connectivity index is 2.92. The molecule has 80 valence electrons. The van der Waals surface area contributed by atoms with Crippen LogP contribution in [0.5, 0.6) is 0 Å². The van der Waals surface area contributed by atoms with Crippen molar-refractivity contribution in [3.63, 3.8) is 0 Å². The van der Waals surface area contributed by atoms with Crippen molar-refractivity contribution in [1.82, 2.24) is 0 Å². The second-order valence-corrected chi connectivity index (χ2v) is 2.76. The normalized spacial score (nSPS) is 10.9. The molecule has 0 saturated carbocycles. The Morgan fingerprint density at radius 2 is 1.93 bits per heavy atom. The fourth-order valence-corrected chi connectivity index (χ4v) is 0.956. The van der Waals surface area contributed by atoms with Crippen molar-refractivity contribution in [3.05, 3.63) is 41.2 Å². The van der Waals surface area contributed by atoms with E-state index in [0.717, 1.165) is 24.3 Å². The molecule has 0 aliphatic carbocycles. The van der Waals surface area contributed by atoms with Gasteiger partial charge in [-0.1, -0.05) is 12.2 Å². The highest BCUT2D eigenvalue weighted by atomic mass is 19.2. The van der Waals surface area contributed by atoms with E-state index in [4.69, 9.17) is 5.11 Å². The van der Waals surface area contributed by atoms with Crippen LogP contribution in [0.15, 0.2) is 18.2 Å². The minimum Gasteiger partial charge on any atom is -0.481 e. The van der Waals surface area contributed by atoms with E-state index in [-0.39, 0.29) is 12.0 Å². The number of aliphatic carboxylic acids is 1. The largest absolute Gasteiger partial charge is 0.481 e. The lowest BCUT2D eigenvalue weighted by molar-refractivity contribution is -0.135. The minimum atomic E-state index is -1.56. The third-order valence-corrected chi connectivity index (χ3v) is 1.65. The molecule has 0 radical (unpaired) electrons. The van der Waals surface area contributed by atoms with Crippen LogP contribution in [-0.2, 0) is 4.79 Å². The molecule has 0 saturated heterocycles. The molecule has 0 aliphatic heterocycles. The summed E-state index contributed by atoms with van der Waals surface area (Å²) in [6.07, 6.45) is 1.93. The molecule has 0 atom stereocenters. The number of carboxylic acid groups (broad SMARTS) is 1. The molecule has 0 bridgehead atoms. The SMILES string of the molecule is O=C(O)CC=Cc1ccc(F)c(F)c1F. The van der Waals surface area contributed by atoms with Crippen LogP contribution in [0.1, 0.15) is 12.0 Å². The van der Waals surface area contributed by atoms with Crippen molar-refractivity contribution < 1.29 is 23.1 Å². The average molecular weight is 216 g/mol. The van der Waals surface area contributed by atoms with E-state index >= 15 is 0 Å². The fraction of sp³-hybridized carbons (Fsp3) is 0.100. The van der Waals surface area contributed by atoms with E-state index in [1.54, 1.807) is 0 Å². The summed E-state index contributed by atoms with van der Waals surface area (Å²) in [4.78, 5) is 10.1. The molecule has 2 nitrogen and oxygen atoms in total. The van der Waals surface area contributed by atoms with Crippen LogP contribution >= 0.6 is 0 Å². The third-order valence-electron chi connectivity index (χ3n) is 1.65. The number of rotatable bonds is 3. The number of carbonyl (C=O) groups is 1. The molecule has 1 aromatic carbocycles. The van der Waals surface area contributed by atoms with Gasteiger partial charge >= 0.3 is 5.97 Å². The molecular weight excluding hydrogens is 209 g/mol. The highest BCUT2D eigenvalue weighted by Crippen LogP contribution is 2.16. The van der Waals surface area contributed by atoms with E-state index < -0.39 is 23.4 Å². The van der Waals surface area contributed by atoms with Crippen LogP contribution in [0.2, 0.25) is 0 Å². The van der Waals surface area contributed by atoms with Crippen LogP contribution in [0.4, 0.5) is 13.2 Å². The molecular formula is C10H7F3O2. The smallest absolute Gasteiger partial charge is 0.307 e. The maximum absolute atomic E-state index is 13.0. The lowest BCUT2D eigenvalue weighted by Crippen LogP contribution is -1.94. The van der Waals surface area contributed by atoms with Gasteiger partial charge in [0.15, 0.2) is 17.5 Å². The van der Waals surface area contributed by atoms with Gasteiger partial charge in [0.1, 0.15) is 0 Å². The molecule has 0 unspecified atom stereocenters. The maximum atomic E-state index is 13.0. The second kappa shape index (κ2) is 4.63. The molecule has 0 amide bonds. The first-order chi connectivity index (χ1) is 7.02. The summed E-state index contributed by atoms with van der Waals surface area (Å²) in [7, 11) is 0. The summed E-state index contributed by atoms with van der Waals surface area (Å²) in [5.41, 5.74) is -0.185. The zero-order chi connectivity index (χ0) is 11.4. The van der Waals surface area contributed by atoms with Gasteiger partial charge in [0, 0.05) is 5.56 Å². The highest BCUT2D eigenvalue weighted by Gasteiger charge is 2.10. The van der Waals surface area contributed by atoms with Crippen molar-refractivity contribution in [3.8, 4) is 0 Å². The molecule has 0 heterocycles. The van der Waals surface area contributed by atoms with Crippen LogP contribution in [0.3, 0.4) is 0 Å². The van der Waals surface area contributed by atoms with Gasteiger partial charge in [0.05, 0.1) is 6.42 Å². The molecule has 1 N–H and O–H groups in total. The van der Waals surface area contributed by atoms with Crippen LogP contribution < -0.4 is 0 Å². The van der Waals surface area contributed by atoms with Crippen LogP contribution in [-0.4, -0.2) is 11.1 Å². The topological polar surface area (TPSA) is 37.3 Å². The minimum absolute atomic E-state index is 0.185. The molecule has 0 fully saturated rings. The van der Waals surface area contributed by atoms with Gasteiger partial charge in [0.2, 0.25) is 0 Å². The summed E-state index contributed by atoms with van der Waals surface area (Å²) in [6, 6.07) is 1.81. The van der Waals surface area contributed by atoms with Crippen molar-refractivity contribution >= 4 is 12.0 Å². The molecule has 0 aliphatic rings. The Bertz CT molecular complexity index is 413. The van der Waals surface area contributed by atoms with Crippen LogP contribution in [0, 0.1) is 17.5 Å². The van der Waals surface area contributed by atoms with Gasteiger partial charge in [-0.2, -0.15) is 0 Å². The van der Waals surface area contributed by atoms with Crippen molar-refractivity contribution in [2.45, 2.75) is 6.42 Å². The van der Waals surface area contributed by atoms with Gasteiger partial charge in [-0.3, -0.25) is 4.79 Å². The molecule has 1 rings (SSSR count). The van der Waals surface area contributed by atoms with Gasteiger partial charge in [-0.25, -0.2) is 13.2 Å². The average Bonchev–Trinajstić information content (AvgIpc) is 2.18. The number of hydrogen-bond acceptors (Lipinski definition) is 1. The predicted molar refractivity (Wildman–Crippen MR) is 47.6 cm³/mol. The van der Waals surface area contributed by atoms with Gasteiger partial charge in [-0.15, -0.1) is 0 Å². The quantitative estimate of drug-likeness (QED) is 0.788. The first-order valence-corrected chi connectivity index (χ1v) is 4.04. The predicted octanol–water partition coefficient (Wildman–Crippen LogP) is 2.59. The summed E-state index contributed by atoms with van der Waals surface area (Å²) < 4.78 is 38.1. The van der Waals surface area contributed by atoms with Crippen molar-refractivity contribution in [2.75, 3.05) is 0 Å². The lowest BCUT2D eigenvalue weighted by atomic mass is 10.1. The van der Waals surface area contributed by atoms with Crippen molar-refractivity contribution in [2.24, 2.45) is 0 Å². The summed E-state index contributed by atoms with van der Waals surface area (Å²) >= 11 is 0. The zero-order valence-corrected chi connectivity index (χ0v) is 7.51. The molecule has 0 spiro atoms. The number of halogens is 3. The number of benzene rings is 1. The van der Waals surface area contributed by atoms with E-state index in [1.165, 1.54) is 0 Å². The van der Waals surface area contributed by atoms with E-state index in [1.807, 2.05) is 0 Å². The Morgan fingerprint density at radius 3 is 2.53 bits per heavy atom. The first-order valence-electron chi connectivity index (χ1n) is 4.04. The molecule has 0 aromatic heterocycles. The number of hydrogen-bond donors (Lipinski definition) is 1. The Hall–Kier alpha value is -1.78. The lowest BCUT2D eigenvalue weighted by Gasteiger charge is -1.98. The van der Waals surface area contributed by atoms with Gasteiger partial charge in [-0.05, 0) is 12.1 Å². The fourth-order valence-electron chi connectivity index (χ4n) is 0.956. The van der Waals surface area contributed by atoms with Gasteiger partial charge in [0.25, 0.3) is 0 Å². The third kappa shape index (κ3) is 2.83. The number of carboxylic acids is 1. The van der Waals surface area contributed by atoms with E-state index in [9.17, 15) is 18.0 Å². The standard InChI is InChI=1S/C10H7F3O2/c11-7-5-4-6(9(12)10(7)13)2-1-3-8(14)15/h1-2,4-5H,3H2,(H,14,15). The van der Waals surface area contributed by atoms with E-state index in [2.05, 4.69) is 0 Å². The molecule has 1 aromatic rings. The summed E-state index contributed by atoms with van der Waals surface area (Å²) in [5, 5.41) is 8.28. The maximum Gasteiger partial charge on any atom is 0.307 e. The molecule has 5 heteroatoms. The highest BCUT2D eigenvalue weighted by molar-refractivity contribution is 5.70. The Morgan fingerprint density at radius 1 is 1.27 bits per heavy atom. The summed E-state index contributed by atoms with van der Waals surface area (Å²) in [5.74, 6) is -5.25.